The molecule has 0 spiro atoms. The minimum atomic E-state index is -0.508. The Morgan fingerprint density at radius 2 is 2.27 bits per heavy atom. The predicted molar refractivity (Wildman–Crippen MR) is 42.7 cm³/mol. The van der Waals surface area contributed by atoms with Crippen LogP contribution in [0, 0.1) is 17.2 Å². The van der Waals surface area contributed by atoms with Gasteiger partial charge in [-0.1, -0.05) is 6.92 Å². The molecule has 0 aromatic carbocycles. The molecule has 0 N–H and O–H groups in total. The highest BCUT2D eigenvalue weighted by Crippen LogP contribution is 1.98. The van der Waals surface area contributed by atoms with Crippen LogP contribution in [-0.4, -0.2) is 24.4 Å². The first-order valence-electron chi connectivity index (χ1n) is 3.78. The number of hydrogen-bond donors (Lipinski definition) is 0. The Hall–Kier alpha value is -1.04. The van der Waals surface area contributed by atoms with Gasteiger partial charge in [0, 0.05) is 13.6 Å². The Labute approximate surface area is 67.6 Å². The average molecular weight is 154 g/mol. The van der Waals surface area contributed by atoms with E-state index in [1.165, 1.54) is 0 Å². The number of carbonyl (C=O) groups excluding carboxylic acids is 1. The molecule has 0 aliphatic heterocycles. The van der Waals surface area contributed by atoms with Crippen LogP contribution in [0.2, 0.25) is 0 Å². The van der Waals surface area contributed by atoms with Gasteiger partial charge in [0.05, 0.1) is 6.07 Å². The summed E-state index contributed by atoms with van der Waals surface area (Å²) in [4.78, 5) is 12.8. The van der Waals surface area contributed by atoms with Crippen molar-refractivity contribution in [2.45, 2.75) is 20.3 Å². The summed E-state index contributed by atoms with van der Waals surface area (Å²) in [5, 5.41) is 8.42. The van der Waals surface area contributed by atoms with E-state index < -0.39 is 5.92 Å². The van der Waals surface area contributed by atoms with Crippen molar-refractivity contribution in [1.29, 1.82) is 5.26 Å². The smallest absolute Gasteiger partial charge is 0.239 e. The van der Waals surface area contributed by atoms with E-state index in [9.17, 15) is 4.79 Å². The summed E-state index contributed by atoms with van der Waals surface area (Å²) < 4.78 is 0. The molecule has 0 fully saturated rings. The molecule has 0 aliphatic carbocycles. The zero-order chi connectivity index (χ0) is 8.85. The molecule has 0 saturated heterocycles. The molecule has 1 unspecified atom stereocenters. The van der Waals surface area contributed by atoms with Crippen molar-refractivity contribution in [2.24, 2.45) is 5.92 Å². The van der Waals surface area contributed by atoms with Crippen LogP contribution in [0.15, 0.2) is 0 Å². The van der Waals surface area contributed by atoms with Gasteiger partial charge in [-0.3, -0.25) is 4.79 Å². The maximum absolute atomic E-state index is 11.2. The van der Waals surface area contributed by atoms with E-state index in [-0.39, 0.29) is 5.91 Å². The maximum atomic E-state index is 11.2. The standard InChI is InChI=1S/C8H14N2O/c1-4-5-10(3)8(11)7(2)6-9/h7H,4-5H2,1-3H3. The summed E-state index contributed by atoms with van der Waals surface area (Å²) in [6.45, 7) is 4.35. The SMILES string of the molecule is CCCN(C)C(=O)C(C)C#N. The molecule has 0 rings (SSSR count). The second-order valence-electron chi connectivity index (χ2n) is 2.61. The van der Waals surface area contributed by atoms with Crippen molar-refractivity contribution in [3.63, 3.8) is 0 Å². The van der Waals surface area contributed by atoms with Gasteiger partial charge < -0.3 is 4.90 Å². The first kappa shape index (κ1) is 9.96. The molecule has 62 valence electrons. The Morgan fingerprint density at radius 1 is 1.73 bits per heavy atom. The first-order chi connectivity index (χ1) is 5.13. The number of carbonyl (C=O) groups is 1. The van der Waals surface area contributed by atoms with Crippen LogP contribution in [0.25, 0.3) is 0 Å². The van der Waals surface area contributed by atoms with Crippen molar-refractivity contribution < 1.29 is 4.79 Å². The molecule has 3 nitrogen and oxygen atoms in total. The predicted octanol–water partition coefficient (Wildman–Crippen LogP) is 1.01. The van der Waals surface area contributed by atoms with Gasteiger partial charge in [-0.2, -0.15) is 5.26 Å². The van der Waals surface area contributed by atoms with Crippen LogP contribution < -0.4 is 0 Å². The normalized spacial score (nSPS) is 11.8. The molecule has 0 aliphatic rings. The van der Waals surface area contributed by atoms with Crippen molar-refractivity contribution in [1.82, 2.24) is 4.90 Å². The number of nitrogens with zero attached hydrogens (tertiary/aromatic N) is 2. The molecule has 11 heavy (non-hydrogen) atoms. The summed E-state index contributed by atoms with van der Waals surface area (Å²) in [5.41, 5.74) is 0. The highest BCUT2D eigenvalue weighted by molar-refractivity contribution is 5.80. The Balaban J connectivity index is 3.94. The van der Waals surface area contributed by atoms with Crippen molar-refractivity contribution in [3.8, 4) is 6.07 Å². The van der Waals surface area contributed by atoms with Gasteiger partial charge in [0.1, 0.15) is 5.92 Å². The van der Waals surface area contributed by atoms with E-state index >= 15 is 0 Å². The molecular weight excluding hydrogens is 140 g/mol. The van der Waals surface area contributed by atoms with E-state index in [1.807, 2.05) is 13.0 Å². The molecule has 1 amide bonds. The van der Waals surface area contributed by atoms with E-state index in [2.05, 4.69) is 0 Å². The van der Waals surface area contributed by atoms with E-state index in [4.69, 9.17) is 5.26 Å². The lowest BCUT2D eigenvalue weighted by molar-refractivity contribution is -0.131. The molecule has 0 aromatic heterocycles. The van der Waals surface area contributed by atoms with Gasteiger partial charge in [-0.05, 0) is 13.3 Å². The molecule has 0 radical (unpaired) electrons. The minimum Gasteiger partial charge on any atom is -0.345 e. The van der Waals surface area contributed by atoms with Gasteiger partial charge in [0.15, 0.2) is 0 Å². The Morgan fingerprint density at radius 3 is 2.64 bits per heavy atom. The largest absolute Gasteiger partial charge is 0.345 e. The van der Waals surface area contributed by atoms with Crippen molar-refractivity contribution in [2.75, 3.05) is 13.6 Å². The molecule has 0 aromatic rings. The fourth-order valence-corrected chi connectivity index (χ4v) is 0.831. The third-order valence-corrected chi connectivity index (χ3v) is 1.50. The summed E-state index contributed by atoms with van der Waals surface area (Å²) >= 11 is 0. The lowest BCUT2D eigenvalue weighted by Gasteiger charge is -2.16. The van der Waals surface area contributed by atoms with E-state index in [0.29, 0.717) is 0 Å². The van der Waals surface area contributed by atoms with Gasteiger partial charge >= 0.3 is 0 Å². The lowest BCUT2D eigenvalue weighted by Crippen LogP contribution is -2.31. The van der Waals surface area contributed by atoms with Gasteiger partial charge in [-0.25, -0.2) is 0 Å². The maximum Gasteiger partial charge on any atom is 0.239 e. The van der Waals surface area contributed by atoms with Crippen molar-refractivity contribution >= 4 is 5.91 Å². The quantitative estimate of drug-likeness (QED) is 0.609. The third-order valence-electron chi connectivity index (χ3n) is 1.50. The van der Waals surface area contributed by atoms with E-state index in [1.54, 1.807) is 18.9 Å². The van der Waals surface area contributed by atoms with Crippen LogP contribution >= 0.6 is 0 Å². The number of rotatable bonds is 3. The molecule has 1 atom stereocenters. The second-order valence-corrected chi connectivity index (χ2v) is 2.61. The molecular formula is C8H14N2O. The molecule has 0 bridgehead atoms. The summed E-state index contributed by atoms with van der Waals surface area (Å²) in [6, 6.07) is 1.91. The Bertz CT molecular complexity index is 171. The van der Waals surface area contributed by atoms with Crippen molar-refractivity contribution in [3.05, 3.63) is 0 Å². The zero-order valence-corrected chi connectivity index (χ0v) is 7.29. The fourth-order valence-electron chi connectivity index (χ4n) is 0.831. The van der Waals surface area contributed by atoms with Crippen LogP contribution in [-0.2, 0) is 4.79 Å². The number of hydrogen-bond acceptors (Lipinski definition) is 2. The van der Waals surface area contributed by atoms with Gasteiger partial charge in [0.25, 0.3) is 0 Å². The Kier molecular flexibility index (Phi) is 4.28. The monoisotopic (exact) mass is 154 g/mol. The summed E-state index contributed by atoms with van der Waals surface area (Å²) in [5.74, 6) is -0.596. The third kappa shape index (κ3) is 3.03. The first-order valence-corrected chi connectivity index (χ1v) is 3.78. The average Bonchev–Trinajstić information content (AvgIpc) is 2.02. The molecule has 0 heterocycles. The van der Waals surface area contributed by atoms with Crippen LogP contribution in [0.4, 0.5) is 0 Å². The second kappa shape index (κ2) is 4.73. The van der Waals surface area contributed by atoms with Crippen LogP contribution in [0.1, 0.15) is 20.3 Å². The summed E-state index contributed by atoms with van der Waals surface area (Å²) in [6.07, 6.45) is 0.931. The van der Waals surface area contributed by atoms with Gasteiger partial charge in [0.2, 0.25) is 5.91 Å². The highest BCUT2D eigenvalue weighted by Gasteiger charge is 2.15. The number of amides is 1. The number of nitriles is 1. The fraction of sp³-hybridized carbons (Fsp3) is 0.750. The van der Waals surface area contributed by atoms with Gasteiger partial charge in [-0.15, -0.1) is 0 Å². The highest BCUT2D eigenvalue weighted by atomic mass is 16.2. The minimum absolute atomic E-state index is 0.0886. The topological polar surface area (TPSA) is 44.1 Å². The van der Waals surface area contributed by atoms with Crippen LogP contribution in [0.3, 0.4) is 0 Å². The zero-order valence-electron chi connectivity index (χ0n) is 7.29. The molecule has 0 saturated carbocycles. The summed E-state index contributed by atoms with van der Waals surface area (Å²) in [7, 11) is 1.72. The van der Waals surface area contributed by atoms with E-state index in [0.717, 1.165) is 13.0 Å². The lowest BCUT2D eigenvalue weighted by atomic mass is 10.2. The molecule has 3 heteroatoms. The van der Waals surface area contributed by atoms with Crippen LogP contribution in [0.5, 0.6) is 0 Å².